The van der Waals surface area contributed by atoms with Gasteiger partial charge in [0.1, 0.15) is 0 Å². The third-order valence-corrected chi connectivity index (χ3v) is 2.35. The molecule has 4 N–H and O–H groups in total. The van der Waals surface area contributed by atoms with Crippen LogP contribution >= 0.6 is 0 Å². The SMILES string of the molecule is CC(C)C(NC(=O)C1CC1)C(N)=NO. The summed E-state index contributed by atoms with van der Waals surface area (Å²) in [7, 11) is 0. The summed E-state index contributed by atoms with van der Waals surface area (Å²) in [5.74, 6) is 0.334. The van der Waals surface area contributed by atoms with E-state index in [-0.39, 0.29) is 29.6 Å². The molecule has 1 amide bonds. The number of nitrogens with zero attached hydrogens (tertiary/aromatic N) is 1. The predicted octanol–water partition coefficient (Wildman–Crippen LogP) is 0.284. The number of nitrogens with two attached hydrogens (primary N) is 1. The molecule has 5 nitrogen and oxygen atoms in total. The molecule has 1 fully saturated rings. The monoisotopic (exact) mass is 199 g/mol. The highest BCUT2D eigenvalue weighted by molar-refractivity contribution is 5.91. The minimum atomic E-state index is -0.368. The number of carbonyl (C=O) groups is 1. The molecule has 0 spiro atoms. The lowest BCUT2D eigenvalue weighted by molar-refractivity contribution is -0.122. The molecule has 0 aliphatic heterocycles. The molecule has 1 aliphatic carbocycles. The van der Waals surface area contributed by atoms with Crippen molar-refractivity contribution in [3.8, 4) is 0 Å². The van der Waals surface area contributed by atoms with Gasteiger partial charge in [0.05, 0.1) is 6.04 Å². The average molecular weight is 199 g/mol. The lowest BCUT2D eigenvalue weighted by Crippen LogP contribution is -2.48. The Morgan fingerprint density at radius 2 is 2.14 bits per heavy atom. The highest BCUT2D eigenvalue weighted by atomic mass is 16.4. The molecular weight excluding hydrogens is 182 g/mol. The number of hydrogen-bond acceptors (Lipinski definition) is 3. The van der Waals surface area contributed by atoms with Crippen LogP contribution in [0, 0.1) is 11.8 Å². The van der Waals surface area contributed by atoms with Gasteiger partial charge >= 0.3 is 0 Å². The Kier molecular flexibility index (Phi) is 3.33. The van der Waals surface area contributed by atoms with Crippen LogP contribution in [-0.4, -0.2) is 23.0 Å². The first-order valence-corrected chi connectivity index (χ1v) is 4.84. The van der Waals surface area contributed by atoms with Crippen LogP contribution in [0.3, 0.4) is 0 Å². The van der Waals surface area contributed by atoms with Crippen LogP contribution in [0.15, 0.2) is 5.16 Å². The third-order valence-electron chi connectivity index (χ3n) is 2.35. The highest BCUT2D eigenvalue weighted by Gasteiger charge is 2.32. The second-order valence-electron chi connectivity index (χ2n) is 4.03. The van der Waals surface area contributed by atoms with E-state index in [4.69, 9.17) is 10.9 Å². The Morgan fingerprint density at radius 1 is 1.57 bits per heavy atom. The Balaban J connectivity index is 2.54. The number of hydrogen-bond donors (Lipinski definition) is 3. The van der Waals surface area contributed by atoms with Gasteiger partial charge in [-0.3, -0.25) is 4.79 Å². The molecule has 80 valence electrons. The lowest BCUT2D eigenvalue weighted by Gasteiger charge is -2.20. The zero-order valence-electron chi connectivity index (χ0n) is 8.53. The van der Waals surface area contributed by atoms with Gasteiger partial charge in [0.25, 0.3) is 0 Å². The number of nitrogens with one attached hydrogen (secondary N) is 1. The van der Waals surface area contributed by atoms with Crippen molar-refractivity contribution >= 4 is 11.7 Å². The Morgan fingerprint density at radius 3 is 2.50 bits per heavy atom. The van der Waals surface area contributed by atoms with Gasteiger partial charge in [0, 0.05) is 5.92 Å². The van der Waals surface area contributed by atoms with Crippen molar-refractivity contribution in [2.75, 3.05) is 0 Å². The number of carbonyl (C=O) groups excluding carboxylic acids is 1. The van der Waals surface area contributed by atoms with Crippen LogP contribution in [0.2, 0.25) is 0 Å². The van der Waals surface area contributed by atoms with Crippen LogP contribution in [0.4, 0.5) is 0 Å². The summed E-state index contributed by atoms with van der Waals surface area (Å²) >= 11 is 0. The molecule has 1 aliphatic rings. The molecule has 0 aromatic carbocycles. The van der Waals surface area contributed by atoms with Crippen molar-refractivity contribution in [1.82, 2.24) is 5.32 Å². The summed E-state index contributed by atoms with van der Waals surface area (Å²) < 4.78 is 0. The van der Waals surface area contributed by atoms with Crippen LogP contribution < -0.4 is 11.1 Å². The van der Waals surface area contributed by atoms with Gasteiger partial charge in [-0.05, 0) is 18.8 Å². The first-order chi connectivity index (χ1) is 6.56. The summed E-state index contributed by atoms with van der Waals surface area (Å²) in [6, 6.07) is -0.368. The van der Waals surface area contributed by atoms with Crippen molar-refractivity contribution in [2.45, 2.75) is 32.7 Å². The van der Waals surface area contributed by atoms with E-state index in [1.54, 1.807) is 0 Å². The van der Waals surface area contributed by atoms with Crippen LogP contribution in [0.1, 0.15) is 26.7 Å². The van der Waals surface area contributed by atoms with Crippen molar-refractivity contribution < 1.29 is 10.0 Å². The van der Waals surface area contributed by atoms with E-state index in [2.05, 4.69) is 10.5 Å². The van der Waals surface area contributed by atoms with Gasteiger partial charge < -0.3 is 16.3 Å². The predicted molar refractivity (Wildman–Crippen MR) is 52.9 cm³/mol. The van der Waals surface area contributed by atoms with Crippen molar-refractivity contribution in [3.05, 3.63) is 0 Å². The molecule has 0 heterocycles. The number of amidine groups is 1. The molecule has 1 atom stereocenters. The first kappa shape index (κ1) is 10.8. The van der Waals surface area contributed by atoms with E-state index in [0.29, 0.717) is 0 Å². The van der Waals surface area contributed by atoms with E-state index < -0.39 is 0 Å². The molecule has 0 aromatic rings. The molecule has 0 aromatic heterocycles. The van der Waals surface area contributed by atoms with Crippen molar-refractivity contribution in [3.63, 3.8) is 0 Å². The van der Waals surface area contributed by atoms with Crippen LogP contribution in [0.5, 0.6) is 0 Å². The van der Waals surface area contributed by atoms with Gasteiger partial charge in [0.2, 0.25) is 5.91 Å². The quantitative estimate of drug-likeness (QED) is 0.263. The van der Waals surface area contributed by atoms with E-state index >= 15 is 0 Å². The average Bonchev–Trinajstić information content (AvgIpc) is 2.95. The van der Waals surface area contributed by atoms with Crippen LogP contribution in [0.25, 0.3) is 0 Å². The molecule has 14 heavy (non-hydrogen) atoms. The van der Waals surface area contributed by atoms with Gasteiger partial charge in [-0.25, -0.2) is 0 Å². The minimum Gasteiger partial charge on any atom is -0.409 e. The maximum atomic E-state index is 11.4. The molecular formula is C9H17N3O2. The zero-order chi connectivity index (χ0) is 10.7. The molecule has 1 saturated carbocycles. The third kappa shape index (κ3) is 2.61. The van der Waals surface area contributed by atoms with E-state index in [9.17, 15) is 4.79 Å². The van der Waals surface area contributed by atoms with Gasteiger partial charge in [-0.15, -0.1) is 0 Å². The molecule has 1 rings (SSSR count). The summed E-state index contributed by atoms with van der Waals surface area (Å²) in [4.78, 5) is 11.4. The fraction of sp³-hybridized carbons (Fsp3) is 0.778. The maximum absolute atomic E-state index is 11.4. The molecule has 0 bridgehead atoms. The largest absolute Gasteiger partial charge is 0.409 e. The normalized spacial score (nSPS) is 19.5. The van der Waals surface area contributed by atoms with Crippen LogP contribution in [-0.2, 0) is 4.79 Å². The first-order valence-electron chi connectivity index (χ1n) is 4.84. The Labute approximate surface area is 83.3 Å². The topological polar surface area (TPSA) is 87.7 Å². The molecule has 0 saturated heterocycles. The molecule has 1 unspecified atom stereocenters. The zero-order valence-corrected chi connectivity index (χ0v) is 8.53. The van der Waals surface area contributed by atoms with E-state index in [1.807, 2.05) is 13.8 Å². The summed E-state index contributed by atoms with van der Waals surface area (Å²) in [6.07, 6.45) is 1.90. The summed E-state index contributed by atoms with van der Waals surface area (Å²) in [6.45, 7) is 3.83. The lowest BCUT2D eigenvalue weighted by atomic mass is 10.0. The number of amides is 1. The minimum absolute atomic E-state index is 0.00954. The number of rotatable bonds is 4. The number of oxime groups is 1. The maximum Gasteiger partial charge on any atom is 0.223 e. The fourth-order valence-corrected chi connectivity index (χ4v) is 1.26. The fourth-order valence-electron chi connectivity index (χ4n) is 1.26. The van der Waals surface area contributed by atoms with E-state index in [1.165, 1.54) is 0 Å². The standard InChI is InChI=1S/C9H17N3O2/c1-5(2)7(8(10)12-14)11-9(13)6-3-4-6/h5-7,14H,3-4H2,1-2H3,(H2,10,12)(H,11,13). The molecule has 5 heteroatoms. The van der Waals surface area contributed by atoms with Crippen molar-refractivity contribution in [1.29, 1.82) is 0 Å². The summed E-state index contributed by atoms with van der Waals surface area (Å²) in [5.41, 5.74) is 5.47. The highest BCUT2D eigenvalue weighted by Crippen LogP contribution is 2.29. The van der Waals surface area contributed by atoms with Gasteiger partial charge in [0.15, 0.2) is 5.84 Å². The molecule has 0 radical (unpaired) electrons. The Bertz CT molecular complexity index is 246. The van der Waals surface area contributed by atoms with Gasteiger partial charge in [-0.2, -0.15) is 0 Å². The van der Waals surface area contributed by atoms with Crippen molar-refractivity contribution in [2.24, 2.45) is 22.7 Å². The second-order valence-corrected chi connectivity index (χ2v) is 4.03. The second kappa shape index (κ2) is 4.30. The summed E-state index contributed by atoms with van der Waals surface area (Å²) in [5, 5.41) is 14.2. The van der Waals surface area contributed by atoms with E-state index in [0.717, 1.165) is 12.8 Å². The van der Waals surface area contributed by atoms with Gasteiger partial charge in [-0.1, -0.05) is 19.0 Å². The smallest absolute Gasteiger partial charge is 0.223 e. The Hall–Kier alpha value is -1.26.